The number of likely N-dealkylation sites (tertiary alicyclic amines) is 1. The number of nitrogens with zero attached hydrogens (tertiary/aromatic N) is 2. The van der Waals surface area contributed by atoms with E-state index in [9.17, 15) is 4.79 Å². The molecule has 2 fully saturated rings. The Morgan fingerprint density at radius 1 is 1.35 bits per heavy atom. The molecule has 1 N–H and O–H groups in total. The molecule has 1 saturated heterocycles. The van der Waals surface area contributed by atoms with E-state index in [2.05, 4.69) is 25.2 Å². The lowest BCUT2D eigenvalue weighted by molar-refractivity contribution is 0.193. The summed E-state index contributed by atoms with van der Waals surface area (Å²) < 4.78 is 5.60. The zero-order valence-electron chi connectivity index (χ0n) is 13.7. The number of amides is 2. The zero-order chi connectivity index (χ0) is 16.4. The first-order chi connectivity index (χ1) is 11.0. The highest BCUT2D eigenvalue weighted by Gasteiger charge is 2.62. The van der Waals surface area contributed by atoms with Gasteiger partial charge in [-0.05, 0) is 34.9 Å². The summed E-state index contributed by atoms with van der Waals surface area (Å²) in [6, 6.07) is 9.60. The van der Waals surface area contributed by atoms with Gasteiger partial charge in [0.05, 0.1) is 19.0 Å². The average molecular weight is 313 g/mol. The highest BCUT2D eigenvalue weighted by atomic mass is 16.5. The molecule has 1 aromatic rings. The van der Waals surface area contributed by atoms with Crippen molar-refractivity contribution < 1.29 is 9.53 Å². The number of nitrogens with one attached hydrogen (secondary N) is 1. The first-order valence-corrected chi connectivity index (χ1v) is 8.14. The summed E-state index contributed by atoms with van der Waals surface area (Å²) in [6.07, 6.45) is 0.408. The van der Waals surface area contributed by atoms with Crippen LogP contribution in [-0.4, -0.2) is 37.2 Å². The molecule has 0 spiro atoms. The van der Waals surface area contributed by atoms with Gasteiger partial charge >= 0.3 is 6.03 Å². The quantitative estimate of drug-likeness (QED) is 0.849. The Bertz CT molecular complexity index is 604. The lowest BCUT2D eigenvalue weighted by Gasteiger charge is -2.22. The predicted octanol–water partition coefficient (Wildman–Crippen LogP) is 2.43. The second-order valence-electron chi connectivity index (χ2n) is 7.00. The summed E-state index contributed by atoms with van der Waals surface area (Å²) in [5, 5.41) is 11.5. The standard InChI is InChI=1S/C18H23N3O2/c1-18(2)15-11-21(12-16(15)18)17(22)20-9-10-23-14-5-3-13(4-6-14)7-8-19/h3-6,15-16H,7,9-12H2,1-2H3,(H,20,22)/t15-,16-/m0/s1. The van der Waals surface area contributed by atoms with Gasteiger partial charge in [-0.3, -0.25) is 0 Å². The van der Waals surface area contributed by atoms with E-state index in [1.54, 1.807) is 0 Å². The van der Waals surface area contributed by atoms with Crippen molar-refractivity contribution in [3.05, 3.63) is 29.8 Å². The summed E-state index contributed by atoms with van der Waals surface area (Å²) >= 11 is 0. The van der Waals surface area contributed by atoms with Crippen LogP contribution in [0.2, 0.25) is 0 Å². The SMILES string of the molecule is CC1(C)[C@H]2CN(C(=O)NCCOc3ccc(CC#N)cc3)C[C@@H]21. The van der Waals surface area contributed by atoms with E-state index in [0.717, 1.165) is 24.4 Å². The molecule has 1 saturated carbocycles. The topological polar surface area (TPSA) is 65.4 Å². The second kappa shape index (κ2) is 6.11. The van der Waals surface area contributed by atoms with Crippen molar-refractivity contribution in [2.24, 2.45) is 17.3 Å². The van der Waals surface area contributed by atoms with Crippen molar-refractivity contribution >= 4 is 6.03 Å². The van der Waals surface area contributed by atoms with Gasteiger partial charge in [0.15, 0.2) is 0 Å². The first kappa shape index (κ1) is 15.7. The smallest absolute Gasteiger partial charge is 0.317 e. The van der Waals surface area contributed by atoms with E-state index in [-0.39, 0.29) is 6.03 Å². The van der Waals surface area contributed by atoms with E-state index < -0.39 is 0 Å². The predicted molar refractivity (Wildman–Crippen MR) is 87.0 cm³/mol. The molecular weight excluding hydrogens is 290 g/mol. The molecule has 122 valence electrons. The fraction of sp³-hybridized carbons (Fsp3) is 0.556. The molecule has 0 bridgehead atoms. The number of carbonyl (C=O) groups excluding carboxylic acids is 1. The van der Waals surface area contributed by atoms with Gasteiger partial charge in [0.2, 0.25) is 0 Å². The van der Waals surface area contributed by atoms with Crippen LogP contribution in [0.15, 0.2) is 24.3 Å². The molecule has 1 aliphatic carbocycles. The number of hydrogen-bond acceptors (Lipinski definition) is 3. The monoisotopic (exact) mass is 313 g/mol. The second-order valence-corrected chi connectivity index (χ2v) is 7.00. The van der Waals surface area contributed by atoms with Gasteiger partial charge in [-0.25, -0.2) is 4.79 Å². The molecule has 0 radical (unpaired) electrons. The van der Waals surface area contributed by atoms with Gasteiger partial charge in [-0.15, -0.1) is 0 Å². The van der Waals surface area contributed by atoms with Crippen molar-refractivity contribution in [1.29, 1.82) is 5.26 Å². The third-order valence-electron chi connectivity index (χ3n) is 5.26. The minimum atomic E-state index is 0.0148. The number of fused-ring (bicyclic) bond motifs is 1. The fourth-order valence-corrected chi connectivity index (χ4v) is 3.53. The third-order valence-corrected chi connectivity index (χ3v) is 5.26. The average Bonchev–Trinajstić information content (AvgIpc) is 2.92. The van der Waals surface area contributed by atoms with E-state index in [1.807, 2.05) is 29.2 Å². The number of benzene rings is 1. The third kappa shape index (κ3) is 3.26. The number of nitriles is 1. The van der Waals surface area contributed by atoms with Crippen molar-refractivity contribution in [3.63, 3.8) is 0 Å². The Morgan fingerprint density at radius 3 is 2.61 bits per heavy atom. The van der Waals surface area contributed by atoms with Crippen LogP contribution in [0.1, 0.15) is 19.4 Å². The van der Waals surface area contributed by atoms with Gasteiger partial charge in [-0.2, -0.15) is 5.26 Å². The van der Waals surface area contributed by atoms with Crippen LogP contribution in [0.4, 0.5) is 4.79 Å². The molecule has 0 aromatic heterocycles. The number of carbonyl (C=O) groups is 1. The number of piperidine rings is 1. The van der Waals surface area contributed by atoms with Crippen LogP contribution >= 0.6 is 0 Å². The Kier molecular flexibility index (Phi) is 4.16. The lowest BCUT2D eigenvalue weighted by Crippen LogP contribution is -2.42. The van der Waals surface area contributed by atoms with E-state index >= 15 is 0 Å². The van der Waals surface area contributed by atoms with Crippen LogP contribution in [0.5, 0.6) is 5.75 Å². The van der Waals surface area contributed by atoms with Crippen LogP contribution in [0.3, 0.4) is 0 Å². The molecule has 1 aliphatic heterocycles. The van der Waals surface area contributed by atoms with Gasteiger partial charge in [0.1, 0.15) is 12.4 Å². The summed E-state index contributed by atoms with van der Waals surface area (Å²) in [4.78, 5) is 14.0. The summed E-state index contributed by atoms with van der Waals surface area (Å²) in [7, 11) is 0. The van der Waals surface area contributed by atoms with Gasteiger partial charge in [-0.1, -0.05) is 26.0 Å². The Hall–Kier alpha value is -2.22. The Morgan fingerprint density at radius 2 is 2.00 bits per heavy atom. The van der Waals surface area contributed by atoms with E-state index in [4.69, 9.17) is 10.00 Å². The van der Waals surface area contributed by atoms with E-state index in [1.165, 1.54) is 0 Å². The number of rotatable bonds is 5. The highest BCUT2D eigenvalue weighted by molar-refractivity contribution is 5.74. The van der Waals surface area contributed by atoms with E-state index in [0.29, 0.717) is 36.8 Å². The normalized spacial score (nSPS) is 23.8. The maximum Gasteiger partial charge on any atom is 0.317 e. The first-order valence-electron chi connectivity index (χ1n) is 8.14. The Labute approximate surface area is 137 Å². The molecular formula is C18H23N3O2. The summed E-state index contributed by atoms with van der Waals surface area (Å²) in [5.41, 5.74) is 1.40. The molecule has 5 nitrogen and oxygen atoms in total. The van der Waals surface area contributed by atoms with Gasteiger partial charge in [0.25, 0.3) is 0 Å². The fourth-order valence-electron chi connectivity index (χ4n) is 3.53. The number of hydrogen-bond donors (Lipinski definition) is 1. The molecule has 0 unspecified atom stereocenters. The maximum absolute atomic E-state index is 12.1. The highest BCUT2D eigenvalue weighted by Crippen LogP contribution is 2.61. The lowest BCUT2D eigenvalue weighted by atomic mass is 10.1. The molecule has 23 heavy (non-hydrogen) atoms. The molecule has 1 aromatic carbocycles. The minimum absolute atomic E-state index is 0.0148. The van der Waals surface area contributed by atoms with Crippen molar-refractivity contribution in [3.8, 4) is 11.8 Å². The van der Waals surface area contributed by atoms with Crippen LogP contribution < -0.4 is 10.1 Å². The molecule has 1 heterocycles. The molecule has 2 aliphatic rings. The molecule has 3 rings (SSSR count). The van der Waals surface area contributed by atoms with Crippen LogP contribution in [-0.2, 0) is 6.42 Å². The zero-order valence-corrected chi connectivity index (χ0v) is 13.7. The molecule has 2 atom stereocenters. The molecule has 2 amide bonds. The number of urea groups is 1. The van der Waals surface area contributed by atoms with Gasteiger partial charge < -0.3 is 15.0 Å². The maximum atomic E-state index is 12.1. The minimum Gasteiger partial charge on any atom is -0.492 e. The van der Waals surface area contributed by atoms with Crippen molar-refractivity contribution in [2.45, 2.75) is 20.3 Å². The largest absolute Gasteiger partial charge is 0.492 e. The summed E-state index contributed by atoms with van der Waals surface area (Å²) in [5.74, 6) is 2.11. The van der Waals surface area contributed by atoms with Crippen LogP contribution in [0, 0.1) is 28.6 Å². The molecule has 5 heteroatoms. The van der Waals surface area contributed by atoms with Crippen LogP contribution in [0.25, 0.3) is 0 Å². The van der Waals surface area contributed by atoms with Crippen molar-refractivity contribution in [2.75, 3.05) is 26.2 Å². The number of ether oxygens (including phenoxy) is 1. The summed E-state index contributed by atoms with van der Waals surface area (Å²) in [6.45, 7) is 7.26. The van der Waals surface area contributed by atoms with Crippen molar-refractivity contribution in [1.82, 2.24) is 10.2 Å². The Balaban J connectivity index is 1.34. The van der Waals surface area contributed by atoms with Gasteiger partial charge in [0, 0.05) is 13.1 Å².